The highest BCUT2D eigenvalue weighted by Gasteiger charge is 2.31. The lowest BCUT2D eigenvalue weighted by atomic mass is 10.2. The van der Waals surface area contributed by atoms with Crippen molar-refractivity contribution in [3.05, 3.63) is 52.1 Å². The van der Waals surface area contributed by atoms with Crippen LogP contribution in [-0.2, 0) is 28.9 Å². The van der Waals surface area contributed by atoms with Crippen LogP contribution in [0, 0.1) is 3.57 Å². The number of rotatable bonds is 10. The summed E-state index contributed by atoms with van der Waals surface area (Å²) in [5.41, 5.74) is -1.90. The largest absolute Gasteiger partial charge is 0.459 e. The Bertz CT molecular complexity index is 1090. The fourth-order valence-electron chi connectivity index (χ4n) is 2.91. The number of carbonyl (C=O) groups is 2. The third-order valence-electron chi connectivity index (χ3n) is 4.12. The predicted octanol–water partition coefficient (Wildman–Crippen LogP) is 4.11. The molecule has 0 aliphatic heterocycles. The van der Waals surface area contributed by atoms with E-state index in [1.807, 2.05) is 24.3 Å². The van der Waals surface area contributed by atoms with Crippen molar-refractivity contribution in [1.29, 1.82) is 0 Å². The first-order chi connectivity index (χ1) is 15.7. The van der Waals surface area contributed by atoms with Crippen LogP contribution in [0.1, 0.15) is 34.6 Å². The Hall–Kier alpha value is -2.18. The molecule has 0 fully saturated rings. The van der Waals surface area contributed by atoms with Crippen molar-refractivity contribution in [2.24, 2.45) is 0 Å². The summed E-state index contributed by atoms with van der Waals surface area (Å²) in [4.78, 5) is 23.9. The van der Waals surface area contributed by atoms with Crippen molar-refractivity contribution in [2.45, 2.75) is 50.7 Å². The van der Waals surface area contributed by atoms with Gasteiger partial charge in [-0.25, -0.2) is 8.42 Å². The smallest absolute Gasteiger partial charge is 0.320 e. The van der Waals surface area contributed by atoms with E-state index in [1.165, 1.54) is 26.0 Å². The number of ether oxygens (including phenoxy) is 3. The second-order valence-electron chi connectivity index (χ2n) is 9.21. The lowest BCUT2D eigenvalue weighted by Crippen LogP contribution is -2.40. The molecule has 0 bridgehead atoms. The molecule has 1 N–H and O–H groups in total. The number of hydrogen-bond acceptors (Lipinski definition) is 8. The molecule has 0 saturated heterocycles. The van der Waals surface area contributed by atoms with Crippen LogP contribution >= 0.6 is 22.6 Å². The minimum atomic E-state index is -3.74. The summed E-state index contributed by atoms with van der Waals surface area (Å²) >= 11 is 2.20. The minimum Gasteiger partial charge on any atom is -0.459 e. The van der Waals surface area contributed by atoms with Crippen molar-refractivity contribution in [3.8, 4) is 11.5 Å². The average molecular weight is 603 g/mol. The highest BCUT2D eigenvalue weighted by molar-refractivity contribution is 14.1. The van der Waals surface area contributed by atoms with Crippen LogP contribution in [-0.4, -0.2) is 50.4 Å². The van der Waals surface area contributed by atoms with Gasteiger partial charge in [0.05, 0.1) is 23.7 Å². The molecular formula is C24H30INO7S. The Morgan fingerprint density at radius 3 is 1.79 bits per heavy atom. The zero-order chi connectivity index (χ0) is 25.6. The molecule has 0 aromatic heterocycles. The SMILES string of the molecule is CC(C)(C)OC(=O)CNCC(=O)OC(C)(C)CS(=O)(=O)c1ccc(Oc2ccc(I)cc2)cc1. The molecule has 0 aliphatic carbocycles. The van der Waals surface area contributed by atoms with E-state index >= 15 is 0 Å². The second-order valence-corrected chi connectivity index (χ2v) is 12.4. The molecule has 2 aromatic carbocycles. The zero-order valence-electron chi connectivity index (χ0n) is 19.9. The summed E-state index contributed by atoms with van der Waals surface area (Å²) in [7, 11) is -3.74. The van der Waals surface area contributed by atoms with Gasteiger partial charge in [-0.3, -0.25) is 14.9 Å². The van der Waals surface area contributed by atoms with Gasteiger partial charge in [-0.2, -0.15) is 0 Å². The van der Waals surface area contributed by atoms with Gasteiger partial charge >= 0.3 is 11.9 Å². The molecule has 34 heavy (non-hydrogen) atoms. The summed E-state index contributed by atoms with van der Waals surface area (Å²) in [5, 5.41) is 2.64. The molecule has 0 radical (unpaired) electrons. The maximum atomic E-state index is 12.9. The molecule has 186 valence electrons. The van der Waals surface area contributed by atoms with Crippen LogP contribution in [0.2, 0.25) is 0 Å². The third-order valence-corrected chi connectivity index (χ3v) is 6.90. The lowest BCUT2D eigenvalue weighted by Gasteiger charge is -2.25. The quantitative estimate of drug-likeness (QED) is 0.320. The van der Waals surface area contributed by atoms with Crippen molar-refractivity contribution < 1.29 is 32.2 Å². The van der Waals surface area contributed by atoms with Crippen molar-refractivity contribution in [2.75, 3.05) is 18.8 Å². The summed E-state index contributed by atoms with van der Waals surface area (Å²) in [6, 6.07) is 13.5. The van der Waals surface area contributed by atoms with E-state index in [-0.39, 0.29) is 18.0 Å². The fraction of sp³-hybridized carbons (Fsp3) is 0.417. The molecule has 0 heterocycles. The molecule has 0 saturated carbocycles. The van der Waals surface area contributed by atoms with E-state index in [4.69, 9.17) is 14.2 Å². The monoisotopic (exact) mass is 603 g/mol. The van der Waals surface area contributed by atoms with Crippen LogP contribution in [0.25, 0.3) is 0 Å². The van der Waals surface area contributed by atoms with Crippen LogP contribution in [0.5, 0.6) is 11.5 Å². The summed E-state index contributed by atoms with van der Waals surface area (Å²) in [6.07, 6.45) is 0. The molecule has 10 heteroatoms. The molecule has 2 rings (SSSR count). The van der Waals surface area contributed by atoms with Crippen LogP contribution < -0.4 is 10.1 Å². The standard InChI is InChI=1S/C24H30INO7S/c1-23(2,3)32-21(27)14-26-15-22(28)33-24(4,5)16-34(29,30)20-12-10-19(11-13-20)31-18-8-6-17(25)7-9-18/h6-13,26H,14-16H2,1-5H3. The maximum absolute atomic E-state index is 12.9. The zero-order valence-corrected chi connectivity index (χ0v) is 22.9. The number of sulfone groups is 1. The van der Waals surface area contributed by atoms with E-state index in [1.54, 1.807) is 32.9 Å². The third kappa shape index (κ3) is 9.98. The summed E-state index contributed by atoms with van der Waals surface area (Å²) in [5.74, 6) is -0.442. The van der Waals surface area contributed by atoms with Crippen LogP contribution in [0.4, 0.5) is 0 Å². The number of halogens is 1. The molecule has 0 amide bonds. The van der Waals surface area contributed by atoms with Gasteiger partial charge in [0.25, 0.3) is 0 Å². The highest BCUT2D eigenvalue weighted by Crippen LogP contribution is 2.25. The van der Waals surface area contributed by atoms with Gasteiger partial charge in [0.1, 0.15) is 22.7 Å². The predicted molar refractivity (Wildman–Crippen MR) is 137 cm³/mol. The second kappa shape index (κ2) is 11.5. The van der Waals surface area contributed by atoms with Gasteiger partial charge in [-0.05, 0) is 106 Å². The maximum Gasteiger partial charge on any atom is 0.320 e. The topological polar surface area (TPSA) is 108 Å². The van der Waals surface area contributed by atoms with Crippen LogP contribution in [0.3, 0.4) is 0 Å². The van der Waals surface area contributed by atoms with Crippen molar-refractivity contribution in [1.82, 2.24) is 5.32 Å². The first-order valence-electron chi connectivity index (χ1n) is 10.6. The minimum absolute atomic E-state index is 0.0923. The van der Waals surface area contributed by atoms with Gasteiger partial charge in [0, 0.05) is 3.57 Å². The van der Waals surface area contributed by atoms with Gasteiger partial charge < -0.3 is 14.2 Å². The Labute approximate surface area is 214 Å². The Morgan fingerprint density at radius 2 is 1.29 bits per heavy atom. The van der Waals surface area contributed by atoms with E-state index < -0.39 is 38.7 Å². The van der Waals surface area contributed by atoms with Gasteiger partial charge in [-0.15, -0.1) is 0 Å². The molecule has 8 nitrogen and oxygen atoms in total. The number of carbonyl (C=O) groups excluding carboxylic acids is 2. The summed E-state index contributed by atoms with van der Waals surface area (Å²) < 4.78 is 43.0. The first kappa shape index (κ1) is 28.1. The normalized spacial score (nSPS) is 12.2. The van der Waals surface area contributed by atoms with Crippen LogP contribution in [0.15, 0.2) is 53.4 Å². The molecule has 2 aromatic rings. The van der Waals surface area contributed by atoms with E-state index in [0.717, 1.165) is 3.57 Å². The van der Waals surface area contributed by atoms with Crippen molar-refractivity contribution >= 4 is 44.4 Å². The van der Waals surface area contributed by atoms with E-state index in [2.05, 4.69) is 27.9 Å². The number of hydrogen-bond donors (Lipinski definition) is 1. The highest BCUT2D eigenvalue weighted by atomic mass is 127. The van der Waals surface area contributed by atoms with E-state index in [0.29, 0.717) is 11.5 Å². The number of esters is 2. The lowest BCUT2D eigenvalue weighted by molar-refractivity contribution is -0.155. The fourth-order valence-corrected chi connectivity index (χ4v) is 4.96. The molecule has 0 aliphatic rings. The van der Waals surface area contributed by atoms with Gasteiger partial charge in [0.15, 0.2) is 9.84 Å². The van der Waals surface area contributed by atoms with Gasteiger partial charge in [-0.1, -0.05) is 0 Å². The van der Waals surface area contributed by atoms with E-state index in [9.17, 15) is 18.0 Å². The molecule has 0 spiro atoms. The Balaban J connectivity index is 1.90. The number of benzene rings is 2. The molecule has 0 unspecified atom stereocenters. The van der Waals surface area contributed by atoms with Crippen molar-refractivity contribution in [3.63, 3.8) is 0 Å². The summed E-state index contributed by atoms with van der Waals surface area (Å²) in [6.45, 7) is 7.84. The molecule has 0 atom stereocenters. The molecular weight excluding hydrogens is 573 g/mol. The number of nitrogens with one attached hydrogen (secondary N) is 1. The average Bonchev–Trinajstić information content (AvgIpc) is 2.67. The Morgan fingerprint density at radius 1 is 0.824 bits per heavy atom. The Kier molecular flexibility index (Phi) is 9.49. The first-order valence-corrected chi connectivity index (χ1v) is 13.3. The van der Waals surface area contributed by atoms with Gasteiger partial charge in [0.2, 0.25) is 0 Å².